The Hall–Kier alpha value is -2.42. The van der Waals surface area contributed by atoms with Gasteiger partial charge in [0.1, 0.15) is 0 Å². The maximum absolute atomic E-state index is 4.19. The summed E-state index contributed by atoms with van der Waals surface area (Å²) in [6, 6.07) is 10.7. The van der Waals surface area contributed by atoms with Crippen LogP contribution >= 0.6 is 0 Å². The fourth-order valence-corrected chi connectivity index (χ4v) is 2.75. The van der Waals surface area contributed by atoms with Gasteiger partial charge in [0, 0.05) is 30.2 Å². The van der Waals surface area contributed by atoms with Gasteiger partial charge in [-0.3, -0.25) is 4.98 Å². The van der Waals surface area contributed by atoms with E-state index in [-0.39, 0.29) is 5.92 Å². The van der Waals surface area contributed by atoms with E-state index in [0.29, 0.717) is 0 Å². The van der Waals surface area contributed by atoms with Gasteiger partial charge < -0.3 is 4.98 Å². The molecule has 1 atom stereocenters. The molecular weight excluding hydrogens is 258 g/mol. The number of imidazole rings is 1. The molecule has 3 nitrogen and oxygen atoms in total. The molecule has 0 unspecified atom stereocenters. The predicted octanol–water partition coefficient (Wildman–Crippen LogP) is 3.80. The second kappa shape index (κ2) is 5.92. The first-order chi connectivity index (χ1) is 10.3. The fraction of sp³-hybridized carbons (Fsp3) is 0.222. The Morgan fingerprint density at radius 3 is 2.57 bits per heavy atom. The van der Waals surface area contributed by atoms with Crippen LogP contribution in [0.2, 0.25) is 0 Å². The van der Waals surface area contributed by atoms with Gasteiger partial charge in [-0.15, -0.1) is 0 Å². The predicted molar refractivity (Wildman–Crippen MR) is 84.3 cm³/mol. The minimum absolute atomic E-state index is 0.287. The molecule has 3 aromatic rings. The molecule has 106 valence electrons. The number of benzene rings is 1. The Bertz CT molecular complexity index is 703. The van der Waals surface area contributed by atoms with E-state index in [4.69, 9.17) is 0 Å². The van der Waals surface area contributed by atoms with Crippen LogP contribution in [0.3, 0.4) is 0 Å². The molecule has 0 spiro atoms. The molecule has 0 saturated heterocycles. The SMILES string of the molecule is Cc1cccc([C@H](Cc2ccncc2)c2cnc[nH]2)c1C. The Morgan fingerprint density at radius 2 is 1.86 bits per heavy atom. The van der Waals surface area contributed by atoms with Gasteiger partial charge in [0.15, 0.2) is 0 Å². The van der Waals surface area contributed by atoms with Gasteiger partial charge in [0.25, 0.3) is 0 Å². The van der Waals surface area contributed by atoms with Crippen LogP contribution in [0.1, 0.15) is 33.9 Å². The number of hydrogen-bond donors (Lipinski definition) is 1. The van der Waals surface area contributed by atoms with E-state index in [1.165, 1.54) is 22.3 Å². The maximum atomic E-state index is 4.19. The van der Waals surface area contributed by atoms with Gasteiger partial charge in [-0.2, -0.15) is 0 Å². The van der Waals surface area contributed by atoms with E-state index in [2.05, 4.69) is 59.1 Å². The molecule has 0 aliphatic heterocycles. The lowest BCUT2D eigenvalue weighted by Crippen LogP contribution is -2.08. The lowest BCUT2D eigenvalue weighted by molar-refractivity contribution is 0.771. The van der Waals surface area contributed by atoms with Crippen LogP contribution in [-0.4, -0.2) is 15.0 Å². The monoisotopic (exact) mass is 277 g/mol. The third-order valence-corrected chi connectivity index (χ3v) is 4.11. The molecule has 0 fully saturated rings. The first-order valence-corrected chi connectivity index (χ1v) is 7.19. The minimum atomic E-state index is 0.287. The molecule has 0 bridgehead atoms. The molecule has 0 radical (unpaired) electrons. The molecule has 0 saturated carbocycles. The van der Waals surface area contributed by atoms with Gasteiger partial charge in [-0.1, -0.05) is 18.2 Å². The minimum Gasteiger partial charge on any atom is -0.348 e. The third-order valence-electron chi connectivity index (χ3n) is 4.11. The lowest BCUT2D eigenvalue weighted by Gasteiger charge is -2.19. The molecule has 2 aromatic heterocycles. The van der Waals surface area contributed by atoms with Gasteiger partial charge in [0.2, 0.25) is 0 Å². The van der Waals surface area contributed by atoms with Crippen LogP contribution in [0.25, 0.3) is 0 Å². The number of nitrogens with zero attached hydrogens (tertiary/aromatic N) is 2. The van der Waals surface area contributed by atoms with Crippen LogP contribution in [0.5, 0.6) is 0 Å². The van der Waals surface area contributed by atoms with Crippen molar-refractivity contribution in [1.82, 2.24) is 15.0 Å². The number of hydrogen-bond acceptors (Lipinski definition) is 2. The highest BCUT2D eigenvalue weighted by Crippen LogP contribution is 2.30. The molecule has 0 aliphatic rings. The number of aromatic amines is 1. The van der Waals surface area contributed by atoms with Crippen LogP contribution in [0, 0.1) is 13.8 Å². The van der Waals surface area contributed by atoms with Gasteiger partial charge in [-0.05, 0) is 54.7 Å². The quantitative estimate of drug-likeness (QED) is 0.788. The zero-order chi connectivity index (χ0) is 14.7. The molecule has 0 aliphatic carbocycles. The molecule has 3 rings (SSSR count). The van der Waals surface area contributed by atoms with Crippen LogP contribution in [-0.2, 0) is 6.42 Å². The summed E-state index contributed by atoms with van der Waals surface area (Å²) in [5.74, 6) is 0.287. The molecule has 21 heavy (non-hydrogen) atoms. The summed E-state index contributed by atoms with van der Waals surface area (Å²) in [7, 11) is 0. The second-order valence-corrected chi connectivity index (χ2v) is 5.41. The molecular formula is C18H19N3. The maximum Gasteiger partial charge on any atom is 0.0921 e. The highest BCUT2D eigenvalue weighted by Gasteiger charge is 2.18. The van der Waals surface area contributed by atoms with E-state index in [9.17, 15) is 0 Å². The van der Waals surface area contributed by atoms with Crippen LogP contribution < -0.4 is 0 Å². The number of rotatable bonds is 4. The Balaban J connectivity index is 2.03. The van der Waals surface area contributed by atoms with E-state index >= 15 is 0 Å². The van der Waals surface area contributed by atoms with E-state index in [1.54, 1.807) is 6.33 Å². The summed E-state index contributed by atoms with van der Waals surface area (Å²) in [4.78, 5) is 11.6. The standard InChI is InChI=1S/C18H19N3/c1-13-4-3-5-16(14(13)2)17(18-11-20-12-21-18)10-15-6-8-19-9-7-15/h3-9,11-12,17H,10H2,1-2H3,(H,20,21)/t17-/m0/s1. The average molecular weight is 277 g/mol. The third kappa shape index (κ3) is 2.87. The smallest absolute Gasteiger partial charge is 0.0921 e. The number of nitrogens with one attached hydrogen (secondary N) is 1. The summed E-state index contributed by atoms with van der Waals surface area (Å²) >= 11 is 0. The van der Waals surface area contributed by atoms with Gasteiger partial charge >= 0.3 is 0 Å². The zero-order valence-corrected chi connectivity index (χ0v) is 12.4. The van der Waals surface area contributed by atoms with Crippen molar-refractivity contribution in [3.63, 3.8) is 0 Å². The molecule has 1 N–H and O–H groups in total. The summed E-state index contributed by atoms with van der Waals surface area (Å²) in [6.45, 7) is 4.36. The number of pyridine rings is 1. The largest absolute Gasteiger partial charge is 0.348 e. The van der Waals surface area contributed by atoms with Crippen LogP contribution in [0.15, 0.2) is 55.2 Å². The molecule has 2 heterocycles. The van der Waals surface area contributed by atoms with Crippen molar-refractivity contribution >= 4 is 0 Å². The lowest BCUT2D eigenvalue weighted by atomic mass is 9.86. The molecule has 3 heteroatoms. The molecule has 1 aromatic carbocycles. The van der Waals surface area contributed by atoms with Crippen molar-refractivity contribution in [1.29, 1.82) is 0 Å². The zero-order valence-electron chi connectivity index (χ0n) is 12.4. The second-order valence-electron chi connectivity index (χ2n) is 5.41. The number of H-pyrrole nitrogens is 1. The highest BCUT2D eigenvalue weighted by atomic mass is 14.9. The average Bonchev–Trinajstić information content (AvgIpc) is 3.03. The van der Waals surface area contributed by atoms with Crippen molar-refractivity contribution in [2.24, 2.45) is 0 Å². The normalized spacial score (nSPS) is 12.3. The first kappa shape index (κ1) is 13.6. The number of aryl methyl sites for hydroxylation is 1. The van der Waals surface area contributed by atoms with Crippen LogP contribution in [0.4, 0.5) is 0 Å². The first-order valence-electron chi connectivity index (χ1n) is 7.19. The fourth-order valence-electron chi connectivity index (χ4n) is 2.75. The van der Waals surface area contributed by atoms with E-state index < -0.39 is 0 Å². The summed E-state index contributed by atoms with van der Waals surface area (Å²) in [5.41, 5.74) is 6.47. The Labute approximate surface area is 125 Å². The Kier molecular flexibility index (Phi) is 3.82. The van der Waals surface area contributed by atoms with E-state index in [1.807, 2.05) is 18.6 Å². The topological polar surface area (TPSA) is 41.6 Å². The summed E-state index contributed by atoms with van der Waals surface area (Å²) < 4.78 is 0. The van der Waals surface area contributed by atoms with Crippen molar-refractivity contribution in [3.8, 4) is 0 Å². The Morgan fingerprint density at radius 1 is 1.05 bits per heavy atom. The van der Waals surface area contributed by atoms with Crippen molar-refractivity contribution in [2.45, 2.75) is 26.2 Å². The number of aromatic nitrogens is 3. The highest BCUT2D eigenvalue weighted by molar-refractivity contribution is 5.40. The van der Waals surface area contributed by atoms with E-state index in [0.717, 1.165) is 12.1 Å². The van der Waals surface area contributed by atoms with Gasteiger partial charge in [-0.25, -0.2) is 4.98 Å². The summed E-state index contributed by atoms with van der Waals surface area (Å²) in [5, 5.41) is 0. The molecule has 0 amide bonds. The van der Waals surface area contributed by atoms with Crippen molar-refractivity contribution in [3.05, 3.63) is 83.2 Å². The van der Waals surface area contributed by atoms with Crippen molar-refractivity contribution in [2.75, 3.05) is 0 Å². The van der Waals surface area contributed by atoms with Gasteiger partial charge in [0.05, 0.1) is 6.33 Å². The van der Waals surface area contributed by atoms with Crippen molar-refractivity contribution < 1.29 is 0 Å². The summed E-state index contributed by atoms with van der Waals surface area (Å²) in [6.07, 6.45) is 8.31.